The molecule has 0 heterocycles. The van der Waals surface area contributed by atoms with Gasteiger partial charge in [0.15, 0.2) is 0 Å². The number of methoxy groups -OCH3 is 1. The molecule has 0 bridgehead atoms. The van der Waals surface area contributed by atoms with Crippen LogP contribution < -0.4 is 4.74 Å². The maximum absolute atomic E-state index is 12.6. The summed E-state index contributed by atoms with van der Waals surface area (Å²) in [5.41, 5.74) is 1.00. The number of sulfone groups is 1. The molecular formula is C18H19F2NO4S. The van der Waals surface area contributed by atoms with E-state index in [1.54, 1.807) is 13.1 Å². The molecule has 0 saturated heterocycles. The van der Waals surface area contributed by atoms with Crippen molar-refractivity contribution in [3.63, 3.8) is 0 Å². The van der Waals surface area contributed by atoms with Gasteiger partial charge in [0, 0.05) is 18.2 Å². The fraction of sp³-hybridized carbons (Fsp3) is 0.278. The Hall–Kier alpha value is -2.48. The van der Waals surface area contributed by atoms with Crippen molar-refractivity contribution in [2.45, 2.75) is 23.6 Å². The summed E-state index contributed by atoms with van der Waals surface area (Å²) in [4.78, 5) is 13.6. The van der Waals surface area contributed by atoms with Gasteiger partial charge in [-0.15, -0.1) is 0 Å². The number of halogens is 2. The highest BCUT2D eigenvalue weighted by atomic mass is 32.2. The zero-order valence-electron chi connectivity index (χ0n) is 14.5. The molecular weight excluding hydrogens is 364 g/mol. The van der Waals surface area contributed by atoms with Gasteiger partial charge in [0.25, 0.3) is 5.91 Å². The summed E-state index contributed by atoms with van der Waals surface area (Å²) in [7, 11) is -1.54. The number of amides is 1. The van der Waals surface area contributed by atoms with E-state index in [0.717, 1.165) is 17.7 Å². The van der Waals surface area contributed by atoms with Crippen LogP contribution >= 0.6 is 0 Å². The summed E-state index contributed by atoms with van der Waals surface area (Å²) >= 11 is 0. The average Bonchev–Trinajstić information content (AvgIpc) is 2.66. The fourth-order valence-electron chi connectivity index (χ4n) is 2.49. The van der Waals surface area contributed by atoms with Gasteiger partial charge in [-0.2, -0.15) is 8.78 Å². The van der Waals surface area contributed by atoms with Crippen molar-refractivity contribution in [1.82, 2.24) is 4.90 Å². The highest BCUT2D eigenvalue weighted by Gasteiger charge is 2.27. The van der Waals surface area contributed by atoms with E-state index in [1.165, 1.54) is 24.1 Å². The van der Waals surface area contributed by atoms with Gasteiger partial charge in [-0.1, -0.05) is 18.2 Å². The van der Waals surface area contributed by atoms with Gasteiger partial charge in [-0.05, 0) is 37.3 Å². The summed E-state index contributed by atoms with van der Waals surface area (Å²) in [5, 5.41) is 0. The summed E-state index contributed by atoms with van der Waals surface area (Å²) in [6.45, 7) is 1.82. The van der Waals surface area contributed by atoms with Crippen LogP contribution in [0.5, 0.6) is 5.75 Å². The third kappa shape index (κ3) is 3.85. The van der Waals surface area contributed by atoms with Gasteiger partial charge in [0.05, 0.1) is 18.0 Å². The Balaban J connectivity index is 2.25. The molecule has 0 aromatic heterocycles. The second kappa shape index (κ2) is 7.82. The molecule has 0 unspecified atom stereocenters. The van der Waals surface area contributed by atoms with Crippen LogP contribution in [0, 0.1) is 0 Å². The van der Waals surface area contributed by atoms with Gasteiger partial charge in [0.1, 0.15) is 5.75 Å². The lowest BCUT2D eigenvalue weighted by Crippen LogP contribution is -2.30. The lowest BCUT2D eigenvalue weighted by atomic mass is 10.0. The second-order valence-corrected chi connectivity index (χ2v) is 7.58. The summed E-state index contributed by atoms with van der Waals surface area (Å²) in [5.74, 6) is -3.24. The van der Waals surface area contributed by atoms with Crippen LogP contribution in [0.15, 0.2) is 53.4 Å². The topological polar surface area (TPSA) is 63.7 Å². The van der Waals surface area contributed by atoms with E-state index < -0.39 is 20.5 Å². The number of carbonyl (C=O) groups excluding carboxylic acids is 1. The molecule has 0 radical (unpaired) electrons. The van der Waals surface area contributed by atoms with Gasteiger partial charge < -0.3 is 9.64 Å². The predicted molar refractivity (Wildman–Crippen MR) is 93.1 cm³/mol. The molecule has 0 fully saturated rings. The molecule has 0 aliphatic carbocycles. The molecule has 0 N–H and O–H groups in total. The summed E-state index contributed by atoms with van der Waals surface area (Å²) in [6.07, 6.45) is 0. The Morgan fingerprint density at radius 3 is 2.19 bits per heavy atom. The number of alkyl halides is 2. The van der Waals surface area contributed by atoms with Crippen molar-refractivity contribution in [2.75, 3.05) is 14.2 Å². The quantitative estimate of drug-likeness (QED) is 0.766. The normalized spacial score (nSPS) is 12.7. The van der Waals surface area contributed by atoms with Crippen LogP contribution in [0.4, 0.5) is 8.78 Å². The molecule has 2 rings (SSSR count). The number of benzene rings is 2. The highest BCUT2D eigenvalue weighted by molar-refractivity contribution is 7.91. The molecule has 5 nitrogen and oxygen atoms in total. The Kier molecular flexibility index (Phi) is 5.97. The van der Waals surface area contributed by atoms with Crippen LogP contribution in [-0.2, 0) is 9.84 Å². The third-order valence-electron chi connectivity index (χ3n) is 4.15. The smallest absolute Gasteiger partial charge is 0.341 e. The Bertz CT molecular complexity index is 882. The molecule has 26 heavy (non-hydrogen) atoms. The molecule has 0 saturated carbocycles. The van der Waals surface area contributed by atoms with Crippen LogP contribution in [-0.4, -0.2) is 39.1 Å². The number of hydrogen-bond acceptors (Lipinski definition) is 4. The van der Waals surface area contributed by atoms with Crippen LogP contribution in [0.25, 0.3) is 0 Å². The number of hydrogen-bond donors (Lipinski definition) is 0. The first-order valence-electron chi connectivity index (χ1n) is 7.72. The average molecular weight is 383 g/mol. The predicted octanol–water partition coefficient (Wildman–Crippen LogP) is 3.52. The SMILES string of the molecule is COc1ccccc1[C@@H](C)N(C)C(=O)c1ccc(S(=O)(=O)C(F)F)cc1. The standard InChI is InChI=1S/C18H19F2NO4S/c1-12(15-6-4-5-7-16(15)25-3)21(2)17(22)13-8-10-14(11-9-13)26(23,24)18(19)20/h4-12,18H,1-3H3/t12-/m1/s1. The van der Waals surface area contributed by atoms with Gasteiger partial charge in [-0.25, -0.2) is 8.42 Å². The van der Waals surface area contributed by atoms with Crippen LogP contribution in [0.2, 0.25) is 0 Å². The second-order valence-electron chi connectivity index (χ2n) is 5.66. The minimum atomic E-state index is -4.68. The lowest BCUT2D eigenvalue weighted by molar-refractivity contribution is 0.0741. The molecule has 0 aliphatic rings. The molecule has 0 spiro atoms. The van der Waals surface area contributed by atoms with E-state index in [0.29, 0.717) is 5.75 Å². The summed E-state index contributed by atoms with van der Waals surface area (Å²) in [6, 6.07) is 11.4. The van der Waals surface area contributed by atoms with Crippen molar-refractivity contribution in [1.29, 1.82) is 0 Å². The Morgan fingerprint density at radius 1 is 1.08 bits per heavy atom. The van der Waals surface area contributed by atoms with E-state index >= 15 is 0 Å². The molecule has 0 aliphatic heterocycles. The van der Waals surface area contributed by atoms with Crippen molar-refractivity contribution in [2.24, 2.45) is 0 Å². The zero-order chi connectivity index (χ0) is 19.5. The van der Waals surface area contributed by atoms with Crippen LogP contribution in [0.1, 0.15) is 28.9 Å². The zero-order valence-corrected chi connectivity index (χ0v) is 15.3. The monoisotopic (exact) mass is 383 g/mol. The summed E-state index contributed by atoms with van der Waals surface area (Å²) < 4.78 is 53.4. The van der Waals surface area contributed by atoms with Crippen molar-refractivity contribution in [3.05, 3.63) is 59.7 Å². The number of para-hydroxylation sites is 1. The molecule has 8 heteroatoms. The molecule has 140 valence electrons. The molecule has 1 atom stereocenters. The maximum atomic E-state index is 12.6. The number of ether oxygens (including phenoxy) is 1. The van der Waals surface area contributed by atoms with E-state index in [1.807, 2.05) is 25.1 Å². The first kappa shape index (κ1) is 19.8. The van der Waals surface area contributed by atoms with Crippen molar-refractivity contribution in [3.8, 4) is 5.75 Å². The number of rotatable bonds is 6. The Morgan fingerprint density at radius 2 is 1.65 bits per heavy atom. The van der Waals surface area contributed by atoms with E-state index in [2.05, 4.69) is 0 Å². The van der Waals surface area contributed by atoms with Crippen LogP contribution in [0.3, 0.4) is 0 Å². The van der Waals surface area contributed by atoms with Gasteiger partial charge >= 0.3 is 5.76 Å². The fourth-order valence-corrected chi connectivity index (χ4v) is 3.21. The maximum Gasteiger partial charge on any atom is 0.341 e. The minimum absolute atomic E-state index is 0.197. The van der Waals surface area contributed by atoms with E-state index in [-0.39, 0.29) is 17.5 Å². The molecule has 2 aromatic carbocycles. The molecule has 1 amide bonds. The van der Waals surface area contributed by atoms with Gasteiger partial charge in [0.2, 0.25) is 9.84 Å². The number of nitrogens with zero attached hydrogens (tertiary/aromatic N) is 1. The van der Waals surface area contributed by atoms with E-state index in [4.69, 9.17) is 4.74 Å². The minimum Gasteiger partial charge on any atom is -0.496 e. The Labute approximate surface area is 151 Å². The molecule has 2 aromatic rings. The van der Waals surface area contributed by atoms with E-state index in [9.17, 15) is 22.0 Å². The highest BCUT2D eigenvalue weighted by Crippen LogP contribution is 2.29. The largest absolute Gasteiger partial charge is 0.496 e. The van der Waals surface area contributed by atoms with Crippen molar-refractivity contribution >= 4 is 15.7 Å². The lowest BCUT2D eigenvalue weighted by Gasteiger charge is -2.26. The first-order valence-corrected chi connectivity index (χ1v) is 9.27. The third-order valence-corrected chi connectivity index (χ3v) is 5.55. The van der Waals surface area contributed by atoms with Gasteiger partial charge in [-0.3, -0.25) is 4.79 Å². The number of carbonyl (C=O) groups is 1. The first-order chi connectivity index (χ1) is 12.2. The van der Waals surface area contributed by atoms with Crippen molar-refractivity contribution < 1.29 is 26.7 Å².